The summed E-state index contributed by atoms with van der Waals surface area (Å²) in [6.07, 6.45) is 5.45. The first-order chi connectivity index (χ1) is 8.22. The molecule has 2 saturated carbocycles. The van der Waals surface area contributed by atoms with Crippen molar-refractivity contribution in [3.05, 3.63) is 17.5 Å². The maximum atomic E-state index is 8.86. The molecule has 0 aliphatic heterocycles. The molecule has 3 rings (SSSR count). The molecule has 0 unspecified atom stereocenters. The van der Waals surface area contributed by atoms with Crippen molar-refractivity contribution in [3.63, 3.8) is 0 Å². The molecule has 0 saturated heterocycles. The molecule has 0 spiro atoms. The zero-order valence-corrected chi connectivity index (χ0v) is 10.0. The summed E-state index contributed by atoms with van der Waals surface area (Å²) in [5, 5.41) is 12.2. The van der Waals surface area contributed by atoms with Gasteiger partial charge in [-0.15, -0.1) is 0 Å². The summed E-state index contributed by atoms with van der Waals surface area (Å²) < 4.78 is 0. The van der Waals surface area contributed by atoms with Gasteiger partial charge in [0, 0.05) is 12.2 Å². The van der Waals surface area contributed by atoms with Crippen LogP contribution < -0.4 is 5.32 Å². The summed E-state index contributed by atoms with van der Waals surface area (Å²) in [6, 6.07) is 3.77. The number of aromatic nitrogens is 2. The second kappa shape index (κ2) is 3.69. The lowest BCUT2D eigenvalue weighted by molar-refractivity contribution is 0.465. The van der Waals surface area contributed by atoms with Crippen LogP contribution in [0.4, 0.5) is 5.95 Å². The average Bonchev–Trinajstić information content (AvgIpc) is 3.15. The van der Waals surface area contributed by atoms with Gasteiger partial charge in [0.25, 0.3) is 0 Å². The van der Waals surface area contributed by atoms with Crippen LogP contribution >= 0.6 is 0 Å². The van der Waals surface area contributed by atoms with Gasteiger partial charge in [0.15, 0.2) is 0 Å². The second-order valence-electron chi connectivity index (χ2n) is 5.32. The topological polar surface area (TPSA) is 61.6 Å². The molecule has 2 fully saturated rings. The number of anilines is 1. The van der Waals surface area contributed by atoms with E-state index in [2.05, 4.69) is 21.4 Å². The number of nitrogens with one attached hydrogen (secondary N) is 1. The van der Waals surface area contributed by atoms with E-state index in [1.807, 2.05) is 6.92 Å². The van der Waals surface area contributed by atoms with E-state index in [1.165, 1.54) is 25.7 Å². The summed E-state index contributed by atoms with van der Waals surface area (Å²) in [5.74, 6) is 1.53. The maximum absolute atomic E-state index is 8.86. The highest BCUT2D eigenvalue weighted by Crippen LogP contribution is 2.61. The van der Waals surface area contributed by atoms with E-state index in [0.717, 1.165) is 18.2 Å². The molecule has 0 atom stereocenters. The van der Waals surface area contributed by atoms with Gasteiger partial charge in [0.05, 0.1) is 0 Å². The number of rotatable bonds is 4. The van der Waals surface area contributed by atoms with Gasteiger partial charge in [-0.2, -0.15) is 5.26 Å². The minimum absolute atomic E-state index is 0.441. The molecule has 1 aromatic heterocycles. The molecule has 17 heavy (non-hydrogen) atoms. The van der Waals surface area contributed by atoms with Gasteiger partial charge in [-0.25, -0.2) is 9.97 Å². The summed E-state index contributed by atoms with van der Waals surface area (Å²) in [6.45, 7) is 2.85. The van der Waals surface area contributed by atoms with Gasteiger partial charge < -0.3 is 5.32 Å². The zero-order valence-electron chi connectivity index (χ0n) is 10.0. The van der Waals surface area contributed by atoms with E-state index >= 15 is 0 Å². The van der Waals surface area contributed by atoms with Gasteiger partial charge in [-0.3, -0.25) is 0 Å². The molecule has 0 aromatic carbocycles. The summed E-state index contributed by atoms with van der Waals surface area (Å²) in [5.41, 5.74) is 1.81. The largest absolute Gasteiger partial charge is 0.354 e. The zero-order chi connectivity index (χ0) is 11.9. The second-order valence-corrected chi connectivity index (χ2v) is 5.32. The summed E-state index contributed by atoms with van der Waals surface area (Å²) in [7, 11) is 0. The highest BCUT2D eigenvalue weighted by molar-refractivity contribution is 5.33. The number of hydrogen-bond acceptors (Lipinski definition) is 4. The van der Waals surface area contributed by atoms with Gasteiger partial charge in [0.1, 0.15) is 11.8 Å². The molecule has 88 valence electrons. The number of nitrogens with zero attached hydrogens (tertiary/aromatic N) is 3. The van der Waals surface area contributed by atoms with Crippen molar-refractivity contribution >= 4 is 5.95 Å². The molecule has 4 heteroatoms. The van der Waals surface area contributed by atoms with Crippen molar-refractivity contribution in [1.29, 1.82) is 5.26 Å². The summed E-state index contributed by atoms with van der Waals surface area (Å²) in [4.78, 5) is 8.50. The lowest BCUT2D eigenvalue weighted by Gasteiger charge is -2.14. The van der Waals surface area contributed by atoms with Crippen LogP contribution in [0.2, 0.25) is 0 Å². The summed E-state index contributed by atoms with van der Waals surface area (Å²) >= 11 is 0. The molecule has 1 N–H and O–H groups in total. The fourth-order valence-electron chi connectivity index (χ4n) is 2.55. The van der Waals surface area contributed by atoms with Crippen LogP contribution in [0, 0.1) is 29.6 Å². The Bertz CT molecular complexity index is 481. The van der Waals surface area contributed by atoms with Crippen LogP contribution in [-0.2, 0) is 0 Å². The van der Waals surface area contributed by atoms with Gasteiger partial charge in [-0.05, 0) is 50.0 Å². The van der Waals surface area contributed by atoms with E-state index in [4.69, 9.17) is 5.26 Å². The third-order valence-corrected chi connectivity index (χ3v) is 3.90. The van der Waals surface area contributed by atoms with Crippen LogP contribution in [0.1, 0.15) is 37.1 Å². The van der Waals surface area contributed by atoms with E-state index < -0.39 is 0 Å². The van der Waals surface area contributed by atoms with E-state index in [9.17, 15) is 0 Å². The van der Waals surface area contributed by atoms with Gasteiger partial charge in [-0.1, -0.05) is 0 Å². The molecular weight excluding hydrogens is 212 g/mol. The van der Waals surface area contributed by atoms with Crippen LogP contribution in [0.25, 0.3) is 0 Å². The van der Waals surface area contributed by atoms with E-state index in [1.54, 1.807) is 6.07 Å². The Kier molecular flexibility index (Phi) is 2.29. The molecule has 4 nitrogen and oxygen atoms in total. The van der Waals surface area contributed by atoms with Crippen molar-refractivity contribution in [2.24, 2.45) is 11.3 Å². The standard InChI is InChI=1S/C13H16N4/c1-9-6-11(7-14)17-12(16-9)15-8-13(4-5-13)10-2-3-10/h6,10H,2-5,8H2,1H3,(H,15,16,17). The highest BCUT2D eigenvalue weighted by atomic mass is 15.1. The molecule has 2 aliphatic rings. The first-order valence-corrected chi connectivity index (χ1v) is 6.21. The highest BCUT2D eigenvalue weighted by Gasteiger charge is 2.53. The molecule has 0 radical (unpaired) electrons. The third kappa shape index (κ3) is 2.10. The molecule has 0 amide bonds. The monoisotopic (exact) mass is 228 g/mol. The normalized spacial score (nSPS) is 20.7. The third-order valence-electron chi connectivity index (χ3n) is 3.90. The van der Waals surface area contributed by atoms with Gasteiger partial charge >= 0.3 is 0 Å². The molecular formula is C13H16N4. The maximum Gasteiger partial charge on any atom is 0.224 e. The Morgan fingerprint density at radius 3 is 2.82 bits per heavy atom. The van der Waals surface area contributed by atoms with E-state index in [-0.39, 0.29) is 0 Å². The van der Waals surface area contributed by atoms with Crippen LogP contribution in [-0.4, -0.2) is 16.5 Å². The first-order valence-electron chi connectivity index (χ1n) is 6.21. The fourth-order valence-corrected chi connectivity index (χ4v) is 2.55. The molecule has 0 bridgehead atoms. The minimum Gasteiger partial charge on any atom is -0.354 e. The van der Waals surface area contributed by atoms with Crippen molar-refractivity contribution in [2.45, 2.75) is 32.6 Å². The Hall–Kier alpha value is -1.63. The van der Waals surface area contributed by atoms with Crippen LogP contribution in [0.3, 0.4) is 0 Å². The van der Waals surface area contributed by atoms with Crippen LogP contribution in [0.15, 0.2) is 6.07 Å². The average molecular weight is 228 g/mol. The number of aryl methyl sites for hydroxylation is 1. The molecule has 1 heterocycles. The van der Waals surface area contributed by atoms with Gasteiger partial charge in [0.2, 0.25) is 5.95 Å². The van der Waals surface area contributed by atoms with Crippen molar-refractivity contribution in [2.75, 3.05) is 11.9 Å². The number of hydrogen-bond donors (Lipinski definition) is 1. The smallest absolute Gasteiger partial charge is 0.224 e. The van der Waals surface area contributed by atoms with Crippen molar-refractivity contribution < 1.29 is 0 Å². The Morgan fingerprint density at radius 2 is 2.24 bits per heavy atom. The SMILES string of the molecule is Cc1cc(C#N)nc(NCC2(C3CC3)CC2)n1. The lowest BCUT2D eigenvalue weighted by Crippen LogP contribution is -2.19. The van der Waals surface area contributed by atoms with Crippen molar-refractivity contribution in [1.82, 2.24) is 9.97 Å². The Morgan fingerprint density at radius 1 is 1.47 bits per heavy atom. The molecule has 1 aromatic rings. The Labute approximate surface area is 101 Å². The Balaban J connectivity index is 1.69. The van der Waals surface area contributed by atoms with E-state index in [0.29, 0.717) is 17.1 Å². The van der Waals surface area contributed by atoms with Crippen molar-refractivity contribution in [3.8, 4) is 6.07 Å². The quantitative estimate of drug-likeness (QED) is 0.858. The molecule has 2 aliphatic carbocycles. The first kappa shape index (κ1) is 10.5. The van der Waals surface area contributed by atoms with Crippen LogP contribution in [0.5, 0.6) is 0 Å². The predicted molar refractivity (Wildman–Crippen MR) is 64.4 cm³/mol. The predicted octanol–water partition coefficient (Wildman–Crippen LogP) is 2.26. The number of nitriles is 1. The minimum atomic E-state index is 0.441. The fraction of sp³-hybridized carbons (Fsp3) is 0.615. The lowest BCUT2D eigenvalue weighted by atomic mass is 10.0.